The molecule has 0 aromatic heterocycles. The summed E-state index contributed by atoms with van der Waals surface area (Å²) in [6.07, 6.45) is 0. The molecule has 0 aliphatic rings. The zero-order chi connectivity index (χ0) is 14.1. The van der Waals surface area contributed by atoms with Gasteiger partial charge in [-0.15, -0.1) is 0 Å². The van der Waals surface area contributed by atoms with Gasteiger partial charge < -0.3 is 0 Å². The SMILES string of the molecule is CC(C)NS(=O)(=O)c1ccc(S(=O)(=O)Cl)cc1F. The van der Waals surface area contributed by atoms with Crippen molar-refractivity contribution >= 4 is 29.8 Å². The van der Waals surface area contributed by atoms with Crippen LogP contribution in [0.2, 0.25) is 0 Å². The molecular formula is C9H11ClFNO4S2. The van der Waals surface area contributed by atoms with E-state index in [1.807, 2.05) is 0 Å². The summed E-state index contributed by atoms with van der Waals surface area (Å²) in [5, 5.41) is 0. The van der Waals surface area contributed by atoms with Crippen LogP contribution in [0.3, 0.4) is 0 Å². The Morgan fingerprint density at radius 3 is 2.17 bits per heavy atom. The summed E-state index contributed by atoms with van der Waals surface area (Å²) in [6.45, 7) is 3.15. The van der Waals surface area contributed by atoms with E-state index < -0.39 is 40.7 Å². The van der Waals surface area contributed by atoms with Gasteiger partial charge >= 0.3 is 0 Å². The Hall–Kier alpha value is -0.700. The molecule has 0 fully saturated rings. The highest BCUT2D eigenvalue weighted by atomic mass is 35.7. The molecule has 0 bridgehead atoms. The molecule has 5 nitrogen and oxygen atoms in total. The van der Waals surface area contributed by atoms with Gasteiger partial charge in [0.05, 0.1) is 4.90 Å². The third-order valence-electron chi connectivity index (χ3n) is 1.87. The topological polar surface area (TPSA) is 80.3 Å². The van der Waals surface area contributed by atoms with Gasteiger partial charge in [0.25, 0.3) is 9.05 Å². The average Bonchev–Trinajstić information content (AvgIpc) is 2.13. The predicted octanol–water partition coefficient (Wildman–Crippen LogP) is 1.44. The van der Waals surface area contributed by atoms with Gasteiger partial charge in [-0.05, 0) is 32.0 Å². The monoisotopic (exact) mass is 315 g/mol. The number of halogens is 2. The Morgan fingerprint density at radius 2 is 1.78 bits per heavy atom. The molecule has 0 heterocycles. The summed E-state index contributed by atoms with van der Waals surface area (Å²) in [4.78, 5) is -1.12. The molecular weight excluding hydrogens is 305 g/mol. The van der Waals surface area contributed by atoms with Crippen LogP contribution < -0.4 is 4.72 Å². The van der Waals surface area contributed by atoms with E-state index in [1.165, 1.54) is 0 Å². The molecule has 1 N–H and O–H groups in total. The maximum absolute atomic E-state index is 13.6. The van der Waals surface area contributed by atoms with Crippen molar-refractivity contribution in [2.75, 3.05) is 0 Å². The molecule has 18 heavy (non-hydrogen) atoms. The third-order valence-corrected chi connectivity index (χ3v) is 4.91. The average molecular weight is 316 g/mol. The van der Waals surface area contributed by atoms with E-state index in [4.69, 9.17) is 10.7 Å². The van der Waals surface area contributed by atoms with Gasteiger partial charge in [0.15, 0.2) is 0 Å². The minimum atomic E-state index is -4.09. The van der Waals surface area contributed by atoms with Gasteiger partial charge in [0, 0.05) is 16.7 Å². The number of rotatable bonds is 4. The van der Waals surface area contributed by atoms with E-state index in [-0.39, 0.29) is 0 Å². The lowest BCUT2D eigenvalue weighted by Gasteiger charge is -2.10. The first kappa shape index (κ1) is 15.4. The third kappa shape index (κ3) is 3.64. The maximum Gasteiger partial charge on any atom is 0.261 e. The number of nitrogens with one attached hydrogen (secondary N) is 1. The largest absolute Gasteiger partial charge is 0.261 e. The number of hydrogen-bond acceptors (Lipinski definition) is 4. The fourth-order valence-electron chi connectivity index (χ4n) is 1.22. The van der Waals surface area contributed by atoms with E-state index >= 15 is 0 Å². The van der Waals surface area contributed by atoms with Crippen molar-refractivity contribution in [2.45, 2.75) is 29.7 Å². The van der Waals surface area contributed by atoms with Crippen molar-refractivity contribution in [3.63, 3.8) is 0 Å². The molecule has 1 aromatic rings. The standard InChI is InChI=1S/C9H11ClFNO4S2/c1-6(2)12-18(15,16)9-4-3-7(5-8(9)11)17(10,13)14/h3-6,12H,1-2H3. The molecule has 0 radical (unpaired) electrons. The van der Waals surface area contributed by atoms with Crippen LogP contribution >= 0.6 is 10.7 Å². The van der Waals surface area contributed by atoms with Crippen LogP contribution in [0.25, 0.3) is 0 Å². The van der Waals surface area contributed by atoms with Gasteiger partial charge in [-0.3, -0.25) is 0 Å². The van der Waals surface area contributed by atoms with Crippen molar-refractivity contribution in [2.24, 2.45) is 0 Å². The molecule has 0 spiro atoms. The van der Waals surface area contributed by atoms with Crippen molar-refractivity contribution < 1.29 is 21.2 Å². The summed E-state index contributed by atoms with van der Waals surface area (Å²) in [6, 6.07) is 1.94. The molecule has 0 saturated carbocycles. The highest BCUT2D eigenvalue weighted by Gasteiger charge is 2.22. The van der Waals surface area contributed by atoms with E-state index in [0.717, 1.165) is 12.1 Å². The van der Waals surface area contributed by atoms with E-state index in [1.54, 1.807) is 13.8 Å². The maximum atomic E-state index is 13.6. The number of sulfonamides is 1. The summed E-state index contributed by atoms with van der Waals surface area (Å²) in [5.41, 5.74) is 0. The van der Waals surface area contributed by atoms with Crippen LogP contribution in [0.15, 0.2) is 28.0 Å². The summed E-state index contributed by atoms with van der Waals surface area (Å²) < 4.78 is 61.1. The molecule has 102 valence electrons. The molecule has 0 unspecified atom stereocenters. The van der Waals surface area contributed by atoms with Crippen LogP contribution in [0.4, 0.5) is 4.39 Å². The Balaban J connectivity index is 3.31. The van der Waals surface area contributed by atoms with Crippen LogP contribution in [0, 0.1) is 5.82 Å². The molecule has 9 heteroatoms. The Morgan fingerprint density at radius 1 is 1.22 bits per heavy atom. The number of benzene rings is 1. The van der Waals surface area contributed by atoms with Gasteiger partial charge in [0.1, 0.15) is 10.7 Å². The lowest BCUT2D eigenvalue weighted by Crippen LogP contribution is -2.30. The Kier molecular flexibility index (Phi) is 4.37. The van der Waals surface area contributed by atoms with E-state index in [9.17, 15) is 21.2 Å². The van der Waals surface area contributed by atoms with Gasteiger partial charge in [0.2, 0.25) is 10.0 Å². The summed E-state index contributed by atoms with van der Waals surface area (Å²) in [5.74, 6) is -1.18. The van der Waals surface area contributed by atoms with Crippen LogP contribution in [0.5, 0.6) is 0 Å². The Bertz CT molecular complexity index is 655. The fourth-order valence-corrected chi connectivity index (χ4v) is 3.30. The summed E-state index contributed by atoms with van der Waals surface area (Å²) >= 11 is 0. The first-order valence-electron chi connectivity index (χ1n) is 4.80. The highest BCUT2D eigenvalue weighted by Crippen LogP contribution is 2.21. The van der Waals surface area contributed by atoms with Crippen LogP contribution in [-0.2, 0) is 19.1 Å². The van der Waals surface area contributed by atoms with E-state index in [2.05, 4.69) is 4.72 Å². The molecule has 0 aliphatic carbocycles. The highest BCUT2D eigenvalue weighted by molar-refractivity contribution is 8.13. The smallest absolute Gasteiger partial charge is 0.209 e. The molecule has 0 aliphatic heterocycles. The lowest BCUT2D eigenvalue weighted by molar-refractivity contribution is 0.546. The van der Waals surface area contributed by atoms with Crippen molar-refractivity contribution in [3.05, 3.63) is 24.0 Å². The molecule has 0 saturated heterocycles. The minimum Gasteiger partial charge on any atom is -0.209 e. The van der Waals surface area contributed by atoms with Crippen molar-refractivity contribution in [1.29, 1.82) is 0 Å². The lowest BCUT2D eigenvalue weighted by atomic mass is 10.3. The van der Waals surface area contributed by atoms with Crippen molar-refractivity contribution in [3.8, 4) is 0 Å². The second kappa shape index (κ2) is 5.12. The predicted molar refractivity (Wildman–Crippen MR) is 64.9 cm³/mol. The molecule has 0 amide bonds. The van der Waals surface area contributed by atoms with Crippen LogP contribution in [0.1, 0.15) is 13.8 Å². The first-order valence-corrected chi connectivity index (χ1v) is 8.60. The normalized spacial score (nSPS) is 12.9. The minimum absolute atomic E-state index is 0.411. The zero-order valence-electron chi connectivity index (χ0n) is 9.51. The second-order valence-corrected chi connectivity index (χ2v) is 8.05. The molecule has 1 rings (SSSR count). The second-order valence-electron chi connectivity index (χ2n) is 3.81. The molecule has 0 atom stereocenters. The van der Waals surface area contributed by atoms with Gasteiger partial charge in [-0.1, -0.05) is 0 Å². The van der Waals surface area contributed by atoms with E-state index in [0.29, 0.717) is 6.07 Å². The zero-order valence-corrected chi connectivity index (χ0v) is 11.9. The quantitative estimate of drug-likeness (QED) is 0.853. The molecule has 1 aromatic carbocycles. The first-order chi connectivity index (χ1) is 8.04. The Labute approximate surface area is 109 Å². The fraction of sp³-hybridized carbons (Fsp3) is 0.333. The van der Waals surface area contributed by atoms with Crippen molar-refractivity contribution in [1.82, 2.24) is 4.72 Å². The number of hydrogen-bond donors (Lipinski definition) is 1. The van der Waals surface area contributed by atoms with Gasteiger partial charge in [-0.2, -0.15) is 0 Å². The van der Waals surface area contributed by atoms with Gasteiger partial charge in [-0.25, -0.2) is 25.9 Å². The summed E-state index contributed by atoms with van der Waals surface area (Å²) in [7, 11) is -3.09. The van der Waals surface area contributed by atoms with Crippen LogP contribution in [-0.4, -0.2) is 22.9 Å².